The molecule has 0 radical (unpaired) electrons. The topological polar surface area (TPSA) is 86.8 Å². The van der Waals surface area contributed by atoms with Crippen molar-refractivity contribution in [3.8, 4) is 0 Å². The molecule has 9 heteroatoms. The molecule has 0 saturated carbocycles. The maximum Gasteiger partial charge on any atom is 0.191 e. The summed E-state index contributed by atoms with van der Waals surface area (Å²) in [6.45, 7) is 5.68. The lowest BCUT2D eigenvalue weighted by atomic mass is 10.2. The predicted octanol–water partition coefficient (Wildman–Crippen LogP) is 1.88. The van der Waals surface area contributed by atoms with E-state index in [1.165, 1.54) is 11.8 Å². The van der Waals surface area contributed by atoms with E-state index in [-0.39, 0.29) is 29.1 Å². The van der Waals surface area contributed by atoms with Crippen molar-refractivity contribution in [3.63, 3.8) is 0 Å². The molecule has 1 fully saturated rings. The third-order valence-corrected chi connectivity index (χ3v) is 7.51. The van der Waals surface area contributed by atoms with E-state index in [9.17, 15) is 13.2 Å². The summed E-state index contributed by atoms with van der Waals surface area (Å²) in [5, 5.41) is 8.76. The van der Waals surface area contributed by atoms with Gasteiger partial charge in [0.15, 0.2) is 20.8 Å². The lowest BCUT2D eigenvalue weighted by Gasteiger charge is -2.16. The minimum atomic E-state index is -2.96. The molecule has 0 aliphatic carbocycles. The quantitative estimate of drug-likeness (QED) is 0.580. The van der Waals surface area contributed by atoms with Crippen molar-refractivity contribution in [2.75, 3.05) is 17.3 Å². The van der Waals surface area contributed by atoms with Crippen LogP contribution in [0.4, 0.5) is 0 Å². The summed E-state index contributed by atoms with van der Waals surface area (Å²) in [5.41, 5.74) is 2.44. The zero-order chi connectivity index (χ0) is 18.4. The van der Waals surface area contributed by atoms with Crippen molar-refractivity contribution in [2.45, 2.75) is 38.4 Å². The van der Waals surface area contributed by atoms with E-state index in [2.05, 4.69) is 10.2 Å². The normalized spacial score (nSPS) is 19.4. The van der Waals surface area contributed by atoms with Crippen molar-refractivity contribution in [2.24, 2.45) is 7.05 Å². The van der Waals surface area contributed by atoms with Gasteiger partial charge in [-0.3, -0.25) is 4.79 Å². The first-order valence-electron chi connectivity index (χ1n) is 8.10. The molecule has 25 heavy (non-hydrogen) atoms. The van der Waals surface area contributed by atoms with Gasteiger partial charge in [-0.2, -0.15) is 0 Å². The molecule has 0 spiro atoms. The van der Waals surface area contributed by atoms with Crippen LogP contribution >= 0.6 is 11.8 Å². The molecule has 0 N–H and O–H groups in total. The van der Waals surface area contributed by atoms with E-state index in [4.69, 9.17) is 0 Å². The van der Waals surface area contributed by atoms with E-state index in [1.54, 1.807) is 0 Å². The molecule has 1 aliphatic rings. The number of carbonyl (C=O) groups is 1. The molecule has 1 atom stereocenters. The predicted molar refractivity (Wildman–Crippen MR) is 97.0 cm³/mol. The second-order valence-corrected chi connectivity index (χ2v) is 9.68. The Balaban J connectivity index is 1.78. The van der Waals surface area contributed by atoms with Crippen LogP contribution in [0.1, 0.15) is 40.0 Å². The highest BCUT2D eigenvalue weighted by Crippen LogP contribution is 2.30. The number of hydrogen-bond donors (Lipinski definition) is 0. The van der Waals surface area contributed by atoms with Crippen LogP contribution in [0.25, 0.3) is 0 Å². The van der Waals surface area contributed by atoms with E-state index in [0.717, 1.165) is 17.2 Å². The summed E-state index contributed by atoms with van der Waals surface area (Å²) in [5.74, 6) is 1.48. The molecule has 1 aliphatic heterocycles. The molecule has 0 aromatic carbocycles. The number of rotatable bonds is 5. The molecule has 2 aromatic heterocycles. The summed E-state index contributed by atoms with van der Waals surface area (Å²) in [7, 11) is -1.10. The highest BCUT2D eigenvalue weighted by atomic mass is 32.2. The summed E-state index contributed by atoms with van der Waals surface area (Å²) in [4.78, 5) is 12.7. The summed E-state index contributed by atoms with van der Waals surface area (Å²) in [6, 6.07) is 1.80. The smallest absolute Gasteiger partial charge is 0.191 e. The highest BCUT2D eigenvalue weighted by molar-refractivity contribution is 7.99. The lowest BCUT2D eigenvalue weighted by molar-refractivity contribution is 0.102. The Morgan fingerprint density at radius 1 is 1.32 bits per heavy atom. The van der Waals surface area contributed by atoms with Crippen LogP contribution in [0, 0.1) is 20.8 Å². The average Bonchev–Trinajstić information content (AvgIpc) is 3.15. The molecule has 3 heterocycles. The average molecular weight is 383 g/mol. The first kappa shape index (κ1) is 18.2. The van der Waals surface area contributed by atoms with Crippen LogP contribution in [0.15, 0.2) is 11.2 Å². The molecule has 0 amide bonds. The molecule has 136 valence electrons. The fourth-order valence-corrected chi connectivity index (χ4v) is 5.86. The second-order valence-electron chi connectivity index (χ2n) is 6.51. The number of aryl methyl sites for hydroxylation is 2. The minimum absolute atomic E-state index is 0.0193. The van der Waals surface area contributed by atoms with Gasteiger partial charge in [-0.15, -0.1) is 10.2 Å². The van der Waals surface area contributed by atoms with Gasteiger partial charge in [0.05, 0.1) is 17.3 Å². The maximum atomic E-state index is 12.7. The van der Waals surface area contributed by atoms with Gasteiger partial charge in [0.2, 0.25) is 0 Å². The SMILES string of the molecule is Cc1nnc(SCC(=O)c2cc(C)n([C@@H]3CCS(=O)(=O)C3)c2C)n1C. The Morgan fingerprint density at radius 3 is 2.60 bits per heavy atom. The Kier molecular flexibility index (Phi) is 4.80. The number of carbonyl (C=O) groups excluding carboxylic acids is 1. The van der Waals surface area contributed by atoms with Crippen LogP contribution in [0.5, 0.6) is 0 Å². The van der Waals surface area contributed by atoms with Crippen molar-refractivity contribution in [3.05, 3.63) is 28.8 Å². The highest BCUT2D eigenvalue weighted by Gasteiger charge is 2.31. The lowest BCUT2D eigenvalue weighted by Crippen LogP contribution is -2.14. The number of hydrogen-bond acceptors (Lipinski definition) is 6. The van der Waals surface area contributed by atoms with Gasteiger partial charge < -0.3 is 9.13 Å². The number of sulfone groups is 1. The van der Waals surface area contributed by atoms with Crippen LogP contribution in [0.3, 0.4) is 0 Å². The zero-order valence-electron chi connectivity index (χ0n) is 14.8. The summed E-state index contributed by atoms with van der Waals surface area (Å²) < 4.78 is 27.4. The zero-order valence-corrected chi connectivity index (χ0v) is 16.4. The second kappa shape index (κ2) is 6.60. The molecule has 7 nitrogen and oxygen atoms in total. The van der Waals surface area contributed by atoms with E-state index in [1.807, 2.05) is 43.0 Å². The number of Topliss-reactive ketones (excluding diaryl/α,β-unsaturated/α-hetero) is 1. The number of ketones is 1. The van der Waals surface area contributed by atoms with E-state index < -0.39 is 9.84 Å². The standard InChI is InChI=1S/C16H22N4O3S2/c1-10-7-14(11(2)20(10)13-5-6-25(22,23)9-13)15(21)8-24-16-18-17-12(3)19(16)4/h7,13H,5-6,8-9H2,1-4H3/t13-/m1/s1. The van der Waals surface area contributed by atoms with Gasteiger partial charge in [0, 0.05) is 30.0 Å². The van der Waals surface area contributed by atoms with Gasteiger partial charge in [-0.1, -0.05) is 11.8 Å². The number of aromatic nitrogens is 4. The number of nitrogens with zero attached hydrogens (tertiary/aromatic N) is 4. The Hall–Kier alpha value is -1.61. The fraction of sp³-hybridized carbons (Fsp3) is 0.562. The minimum Gasteiger partial charge on any atom is -0.344 e. The first-order valence-corrected chi connectivity index (χ1v) is 10.9. The van der Waals surface area contributed by atoms with Crippen molar-refractivity contribution in [1.82, 2.24) is 19.3 Å². The van der Waals surface area contributed by atoms with Gasteiger partial charge in [-0.05, 0) is 33.3 Å². The van der Waals surface area contributed by atoms with Crippen LogP contribution in [0.2, 0.25) is 0 Å². The van der Waals surface area contributed by atoms with Gasteiger partial charge >= 0.3 is 0 Å². The number of thioether (sulfide) groups is 1. The third kappa shape index (κ3) is 3.52. The maximum absolute atomic E-state index is 12.7. The fourth-order valence-electron chi connectivity index (χ4n) is 3.32. The molecule has 1 saturated heterocycles. The Labute approximate surface area is 151 Å². The molecule has 3 rings (SSSR count). The van der Waals surface area contributed by atoms with E-state index in [0.29, 0.717) is 17.1 Å². The van der Waals surface area contributed by atoms with Crippen LogP contribution < -0.4 is 0 Å². The van der Waals surface area contributed by atoms with Crippen molar-refractivity contribution >= 4 is 27.4 Å². The van der Waals surface area contributed by atoms with E-state index >= 15 is 0 Å². The Morgan fingerprint density at radius 2 is 2.04 bits per heavy atom. The molecule has 0 bridgehead atoms. The van der Waals surface area contributed by atoms with Gasteiger partial charge in [-0.25, -0.2) is 8.42 Å². The molecule has 0 unspecified atom stereocenters. The molecule has 2 aromatic rings. The van der Waals surface area contributed by atoms with Crippen molar-refractivity contribution in [1.29, 1.82) is 0 Å². The van der Waals surface area contributed by atoms with Crippen LogP contribution in [-0.4, -0.2) is 50.8 Å². The van der Waals surface area contributed by atoms with Gasteiger partial charge in [0.1, 0.15) is 5.82 Å². The largest absolute Gasteiger partial charge is 0.344 e. The van der Waals surface area contributed by atoms with Crippen LogP contribution in [-0.2, 0) is 16.9 Å². The third-order valence-electron chi connectivity index (χ3n) is 4.74. The Bertz CT molecular complexity index is 928. The molecular weight excluding hydrogens is 360 g/mol. The van der Waals surface area contributed by atoms with Gasteiger partial charge in [0.25, 0.3) is 0 Å². The first-order chi connectivity index (χ1) is 11.7. The summed E-state index contributed by atoms with van der Waals surface area (Å²) >= 11 is 1.36. The van der Waals surface area contributed by atoms with Crippen molar-refractivity contribution < 1.29 is 13.2 Å². The monoisotopic (exact) mass is 382 g/mol. The summed E-state index contributed by atoms with van der Waals surface area (Å²) in [6.07, 6.45) is 0.610. The molecular formula is C16H22N4O3S2.